The van der Waals surface area contributed by atoms with Gasteiger partial charge < -0.3 is 15.0 Å². The lowest BCUT2D eigenvalue weighted by Crippen LogP contribution is -2.60. The number of ether oxygens (including phenoxy) is 1. The molecule has 43 heavy (non-hydrogen) atoms. The Balaban J connectivity index is 1.00. The highest BCUT2D eigenvalue weighted by atomic mass is 35.5. The lowest BCUT2D eigenvalue weighted by Gasteiger charge is -2.49. The molecule has 0 aromatic carbocycles. The third-order valence-electron chi connectivity index (χ3n) is 8.20. The fourth-order valence-corrected chi connectivity index (χ4v) is 5.90. The number of rotatable bonds is 9. The standard InChI is InChI=1S/C31H35ClN8O3/c1-3-10-43-19-29-34-15-23(16-35-29)21-6-7-40-26(11-21)14-28(37-40)36-30(41)22-12-25(13-22)39-9-8-38(18-20(39)2)31(42)27-5-4-24(32)17-33-27/h4-7,11,14-17,20,22,25H,3,8-10,12-13,18-19H2,1-2H3,(H,36,37,41)/t20-,22?,25?/m0/s1. The maximum Gasteiger partial charge on any atom is 0.272 e. The topological polar surface area (TPSA) is 118 Å². The first-order chi connectivity index (χ1) is 20.9. The molecule has 2 fully saturated rings. The molecule has 4 aromatic rings. The van der Waals surface area contributed by atoms with Gasteiger partial charge in [0.25, 0.3) is 5.91 Å². The van der Waals surface area contributed by atoms with Crippen LogP contribution in [0.15, 0.2) is 55.1 Å². The number of nitrogens with zero attached hydrogens (tertiary/aromatic N) is 7. The molecule has 1 saturated carbocycles. The predicted octanol–water partition coefficient (Wildman–Crippen LogP) is 4.33. The first-order valence-corrected chi connectivity index (χ1v) is 15.1. The van der Waals surface area contributed by atoms with Gasteiger partial charge in [-0.2, -0.15) is 5.10 Å². The van der Waals surface area contributed by atoms with E-state index in [-0.39, 0.29) is 23.8 Å². The molecule has 1 saturated heterocycles. The van der Waals surface area contributed by atoms with Crippen molar-refractivity contribution in [2.24, 2.45) is 5.92 Å². The van der Waals surface area contributed by atoms with Crippen molar-refractivity contribution in [3.8, 4) is 11.1 Å². The Kier molecular flexibility index (Phi) is 8.64. The number of fused-ring (bicyclic) bond motifs is 1. The smallest absolute Gasteiger partial charge is 0.272 e. The highest BCUT2D eigenvalue weighted by molar-refractivity contribution is 6.30. The van der Waals surface area contributed by atoms with Crippen LogP contribution in [-0.2, 0) is 16.1 Å². The molecule has 4 aromatic heterocycles. The quantitative estimate of drug-likeness (QED) is 0.281. The zero-order chi connectivity index (χ0) is 29.9. The second kappa shape index (κ2) is 12.7. The van der Waals surface area contributed by atoms with Crippen molar-refractivity contribution in [2.45, 2.75) is 51.8 Å². The number of halogens is 1. The molecule has 0 bridgehead atoms. The van der Waals surface area contributed by atoms with Gasteiger partial charge in [0.15, 0.2) is 11.6 Å². The highest BCUT2D eigenvalue weighted by Gasteiger charge is 2.41. The molecule has 2 aliphatic rings. The number of carbonyl (C=O) groups is 2. The third-order valence-corrected chi connectivity index (χ3v) is 8.42. The van der Waals surface area contributed by atoms with Gasteiger partial charge in [0.1, 0.15) is 12.3 Å². The van der Waals surface area contributed by atoms with Crippen molar-refractivity contribution in [1.29, 1.82) is 0 Å². The number of anilines is 1. The van der Waals surface area contributed by atoms with E-state index in [0.29, 0.717) is 54.7 Å². The van der Waals surface area contributed by atoms with Crippen molar-refractivity contribution >= 4 is 34.7 Å². The summed E-state index contributed by atoms with van der Waals surface area (Å²) in [6.07, 6.45) is 9.50. The van der Waals surface area contributed by atoms with Gasteiger partial charge >= 0.3 is 0 Å². The third kappa shape index (κ3) is 6.53. The fourth-order valence-electron chi connectivity index (χ4n) is 5.79. The van der Waals surface area contributed by atoms with E-state index in [9.17, 15) is 9.59 Å². The Labute approximate surface area is 255 Å². The van der Waals surface area contributed by atoms with E-state index < -0.39 is 0 Å². The van der Waals surface area contributed by atoms with Gasteiger partial charge in [0.2, 0.25) is 5.91 Å². The van der Waals surface area contributed by atoms with E-state index in [1.807, 2.05) is 29.3 Å². The lowest BCUT2D eigenvalue weighted by atomic mass is 9.78. The summed E-state index contributed by atoms with van der Waals surface area (Å²) in [5, 5.41) is 8.05. The van der Waals surface area contributed by atoms with Gasteiger partial charge in [-0.25, -0.2) is 19.5 Å². The Morgan fingerprint density at radius 3 is 2.58 bits per heavy atom. The second-order valence-electron chi connectivity index (χ2n) is 11.3. The summed E-state index contributed by atoms with van der Waals surface area (Å²) in [4.78, 5) is 43.2. The van der Waals surface area contributed by atoms with E-state index in [1.165, 1.54) is 6.20 Å². The van der Waals surface area contributed by atoms with Crippen LogP contribution in [0.25, 0.3) is 16.6 Å². The Bertz CT molecular complexity index is 1590. The van der Waals surface area contributed by atoms with Crippen molar-refractivity contribution in [3.05, 3.63) is 71.7 Å². The Hall–Kier alpha value is -3.93. The van der Waals surface area contributed by atoms with E-state index in [0.717, 1.165) is 42.5 Å². The zero-order valence-electron chi connectivity index (χ0n) is 24.3. The summed E-state index contributed by atoms with van der Waals surface area (Å²) >= 11 is 5.91. The van der Waals surface area contributed by atoms with Gasteiger partial charge in [-0.3, -0.25) is 14.5 Å². The van der Waals surface area contributed by atoms with Crippen LogP contribution in [0.5, 0.6) is 0 Å². The molecule has 5 heterocycles. The van der Waals surface area contributed by atoms with Gasteiger partial charge in [0, 0.05) is 80.7 Å². The number of hydrogen-bond donors (Lipinski definition) is 1. The van der Waals surface area contributed by atoms with Crippen LogP contribution in [-0.4, -0.2) is 84.5 Å². The highest BCUT2D eigenvalue weighted by Crippen LogP contribution is 2.35. The van der Waals surface area contributed by atoms with Crippen LogP contribution < -0.4 is 5.32 Å². The van der Waals surface area contributed by atoms with E-state index in [4.69, 9.17) is 16.3 Å². The number of pyridine rings is 2. The summed E-state index contributed by atoms with van der Waals surface area (Å²) in [6, 6.07) is 9.70. The van der Waals surface area contributed by atoms with Crippen LogP contribution in [0.1, 0.15) is 49.4 Å². The molecule has 0 spiro atoms. The van der Waals surface area contributed by atoms with Crippen molar-refractivity contribution in [2.75, 3.05) is 31.6 Å². The number of aromatic nitrogens is 5. The molecule has 1 atom stereocenters. The predicted molar refractivity (Wildman–Crippen MR) is 163 cm³/mol. The van der Waals surface area contributed by atoms with Crippen LogP contribution in [0.3, 0.4) is 0 Å². The van der Waals surface area contributed by atoms with Crippen molar-refractivity contribution in [3.63, 3.8) is 0 Å². The number of carbonyl (C=O) groups excluding carboxylic acids is 2. The molecule has 1 aliphatic heterocycles. The van der Waals surface area contributed by atoms with Crippen molar-refractivity contribution < 1.29 is 14.3 Å². The normalized spacial score (nSPS) is 20.6. The summed E-state index contributed by atoms with van der Waals surface area (Å²) in [7, 11) is 0. The minimum absolute atomic E-state index is 0.00978. The Morgan fingerprint density at radius 1 is 1.05 bits per heavy atom. The number of nitrogens with one attached hydrogen (secondary N) is 1. The summed E-state index contributed by atoms with van der Waals surface area (Å²) in [6.45, 7) is 7.32. The average Bonchev–Trinajstić information content (AvgIpc) is 3.39. The van der Waals surface area contributed by atoms with Crippen LogP contribution >= 0.6 is 11.6 Å². The molecule has 0 unspecified atom stereocenters. The molecular formula is C31H35ClN8O3. The van der Waals surface area contributed by atoms with Crippen molar-refractivity contribution in [1.82, 2.24) is 34.4 Å². The average molecular weight is 603 g/mol. The summed E-state index contributed by atoms with van der Waals surface area (Å²) < 4.78 is 7.26. The van der Waals surface area contributed by atoms with Gasteiger partial charge in [0.05, 0.1) is 10.5 Å². The minimum Gasteiger partial charge on any atom is -0.373 e. The second-order valence-corrected chi connectivity index (χ2v) is 11.7. The SMILES string of the molecule is CCCOCc1ncc(-c2ccn3nc(NC(=O)C4CC(N5CCN(C(=O)c6ccc(Cl)cn6)C[C@@H]5C)C4)cc3c2)cn1. The van der Waals surface area contributed by atoms with Crippen LogP contribution in [0.4, 0.5) is 5.82 Å². The minimum atomic E-state index is -0.0762. The van der Waals surface area contributed by atoms with E-state index in [2.05, 4.69) is 44.1 Å². The Morgan fingerprint density at radius 2 is 1.86 bits per heavy atom. The first kappa shape index (κ1) is 29.2. The van der Waals surface area contributed by atoms with E-state index >= 15 is 0 Å². The molecule has 11 nitrogen and oxygen atoms in total. The largest absolute Gasteiger partial charge is 0.373 e. The van der Waals surface area contributed by atoms with E-state index in [1.54, 1.807) is 29.0 Å². The number of amides is 2. The molecular weight excluding hydrogens is 568 g/mol. The molecule has 12 heteroatoms. The van der Waals surface area contributed by atoms with Gasteiger partial charge in [-0.05, 0) is 56.0 Å². The molecule has 1 aliphatic carbocycles. The molecule has 224 valence electrons. The lowest BCUT2D eigenvalue weighted by molar-refractivity contribution is -0.125. The molecule has 2 amide bonds. The summed E-state index contributed by atoms with van der Waals surface area (Å²) in [5.74, 6) is 1.04. The number of hydrogen-bond acceptors (Lipinski definition) is 8. The molecule has 0 radical (unpaired) electrons. The van der Waals surface area contributed by atoms with Crippen LogP contribution in [0.2, 0.25) is 5.02 Å². The zero-order valence-corrected chi connectivity index (χ0v) is 25.1. The van der Waals surface area contributed by atoms with Gasteiger partial charge in [-0.1, -0.05) is 18.5 Å². The maximum absolute atomic E-state index is 13.0. The molecule has 1 N–H and O–H groups in total. The monoisotopic (exact) mass is 602 g/mol. The number of piperazine rings is 1. The van der Waals surface area contributed by atoms with Crippen LogP contribution in [0, 0.1) is 5.92 Å². The molecule has 6 rings (SSSR count). The summed E-state index contributed by atoms with van der Waals surface area (Å²) in [5.41, 5.74) is 3.14. The van der Waals surface area contributed by atoms with Gasteiger partial charge in [-0.15, -0.1) is 0 Å². The fraction of sp³-hybridized carbons (Fsp3) is 0.419. The maximum atomic E-state index is 13.0. The first-order valence-electron chi connectivity index (χ1n) is 14.7.